The second-order valence-corrected chi connectivity index (χ2v) is 7.99. The van der Waals surface area contributed by atoms with Gasteiger partial charge in [-0.1, -0.05) is 29.8 Å². The van der Waals surface area contributed by atoms with Gasteiger partial charge in [-0.25, -0.2) is 0 Å². The molecule has 4 rings (SSSR count). The first-order chi connectivity index (χ1) is 13.6. The molecular formula is C21H28N4O3. The highest BCUT2D eigenvalue weighted by Gasteiger charge is 2.34. The van der Waals surface area contributed by atoms with Crippen molar-refractivity contribution >= 4 is 5.91 Å². The summed E-state index contributed by atoms with van der Waals surface area (Å²) >= 11 is 0. The molecular weight excluding hydrogens is 356 g/mol. The van der Waals surface area contributed by atoms with Crippen molar-refractivity contribution in [2.24, 2.45) is 5.92 Å². The molecule has 2 heterocycles. The number of nitrogens with zero attached hydrogens (tertiary/aromatic N) is 3. The van der Waals surface area contributed by atoms with E-state index < -0.39 is 12.1 Å². The summed E-state index contributed by atoms with van der Waals surface area (Å²) in [5.41, 5.74) is 2.10. The van der Waals surface area contributed by atoms with Crippen LogP contribution in [0.2, 0.25) is 0 Å². The van der Waals surface area contributed by atoms with Crippen molar-refractivity contribution < 1.29 is 14.4 Å². The van der Waals surface area contributed by atoms with Gasteiger partial charge in [0.2, 0.25) is 11.7 Å². The summed E-state index contributed by atoms with van der Waals surface area (Å²) in [6, 6.07) is 7.47. The Kier molecular flexibility index (Phi) is 5.73. The Hall–Kier alpha value is -2.25. The number of likely N-dealkylation sites (tertiary alicyclic amines) is 1. The zero-order valence-electron chi connectivity index (χ0n) is 16.3. The Morgan fingerprint density at radius 2 is 2.11 bits per heavy atom. The van der Waals surface area contributed by atoms with Crippen LogP contribution in [0.5, 0.6) is 0 Å². The van der Waals surface area contributed by atoms with E-state index in [1.807, 2.05) is 12.1 Å². The van der Waals surface area contributed by atoms with Gasteiger partial charge in [-0.3, -0.25) is 9.69 Å². The first-order valence-electron chi connectivity index (χ1n) is 10.2. The third-order valence-corrected chi connectivity index (χ3v) is 5.48. The zero-order chi connectivity index (χ0) is 19.5. The molecule has 1 saturated carbocycles. The lowest BCUT2D eigenvalue weighted by atomic mass is 10.1. The molecule has 0 radical (unpaired) electrons. The molecule has 1 aliphatic heterocycles. The minimum atomic E-state index is -0.818. The molecule has 150 valence electrons. The summed E-state index contributed by atoms with van der Waals surface area (Å²) < 4.78 is 5.39. The van der Waals surface area contributed by atoms with Crippen LogP contribution in [0.4, 0.5) is 0 Å². The number of benzene rings is 1. The number of aromatic nitrogens is 2. The van der Waals surface area contributed by atoms with Crippen LogP contribution < -0.4 is 5.32 Å². The number of hydrogen-bond acceptors (Lipinski definition) is 6. The number of aliphatic hydroxyl groups is 1. The first kappa shape index (κ1) is 19.1. The Balaban J connectivity index is 1.48. The molecule has 0 spiro atoms. The fourth-order valence-corrected chi connectivity index (χ4v) is 3.67. The van der Waals surface area contributed by atoms with Gasteiger partial charge in [-0.2, -0.15) is 4.98 Å². The molecule has 1 amide bonds. The third kappa shape index (κ3) is 4.59. The monoisotopic (exact) mass is 384 g/mol. The molecule has 2 N–H and O–H groups in total. The van der Waals surface area contributed by atoms with Crippen molar-refractivity contribution in [2.45, 2.75) is 57.7 Å². The molecule has 0 bridgehead atoms. The molecule has 2 atom stereocenters. The number of carbonyl (C=O) groups is 1. The molecule has 1 aliphatic carbocycles. The molecule has 2 fully saturated rings. The molecule has 1 aromatic carbocycles. The van der Waals surface area contributed by atoms with Crippen molar-refractivity contribution in [3.05, 3.63) is 35.7 Å². The molecule has 2 aliphatic rings. The van der Waals surface area contributed by atoms with Gasteiger partial charge in [-0.05, 0) is 57.3 Å². The normalized spacial score (nSPS) is 19.9. The highest BCUT2D eigenvalue weighted by Crippen LogP contribution is 2.30. The van der Waals surface area contributed by atoms with Crippen molar-refractivity contribution in [1.29, 1.82) is 0 Å². The summed E-state index contributed by atoms with van der Waals surface area (Å²) in [4.78, 5) is 19.0. The third-order valence-electron chi connectivity index (χ3n) is 5.48. The predicted octanol–water partition coefficient (Wildman–Crippen LogP) is 2.67. The number of rotatable bonds is 7. The van der Waals surface area contributed by atoms with E-state index in [-0.39, 0.29) is 17.7 Å². The SMILES string of the molecule is C[C@@H](O)[C@@H](NC(=O)C1CC1)c1nc(-c2cccc(CN3CCCCC3)c2)no1. The number of amides is 1. The number of aliphatic hydroxyl groups excluding tert-OH is 1. The van der Waals surface area contributed by atoms with E-state index in [0.717, 1.165) is 38.0 Å². The zero-order valence-corrected chi connectivity index (χ0v) is 16.3. The van der Waals surface area contributed by atoms with Gasteiger partial charge in [0.25, 0.3) is 5.89 Å². The largest absolute Gasteiger partial charge is 0.391 e. The Labute approximate surface area is 165 Å². The van der Waals surface area contributed by atoms with Crippen molar-refractivity contribution in [3.63, 3.8) is 0 Å². The minimum Gasteiger partial charge on any atom is -0.391 e. The fraction of sp³-hybridized carbons (Fsp3) is 0.571. The van der Waals surface area contributed by atoms with Crippen LogP contribution in [0.15, 0.2) is 28.8 Å². The first-order valence-corrected chi connectivity index (χ1v) is 10.2. The maximum Gasteiger partial charge on any atom is 0.252 e. The van der Waals surface area contributed by atoms with E-state index in [1.54, 1.807) is 6.92 Å². The quantitative estimate of drug-likeness (QED) is 0.763. The second kappa shape index (κ2) is 8.41. The van der Waals surface area contributed by atoms with Crippen LogP contribution in [0.1, 0.15) is 56.5 Å². The highest BCUT2D eigenvalue weighted by molar-refractivity contribution is 5.81. The van der Waals surface area contributed by atoms with E-state index in [0.29, 0.717) is 5.82 Å². The number of hydrogen-bond donors (Lipinski definition) is 2. The van der Waals surface area contributed by atoms with E-state index in [1.165, 1.54) is 24.8 Å². The second-order valence-electron chi connectivity index (χ2n) is 7.99. The van der Waals surface area contributed by atoms with Crippen LogP contribution in [0.25, 0.3) is 11.4 Å². The molecule has 7 heteroatoms. The Bertz CT molecular complexity index is 809. The molecule has 1 saturated heterocycles. The van der Waals surface area contributed by atoms with Crippen LogP contribution in [-0.2, 0) is 11.3 Å². The number of carbonyl (C=O) groups excluding carboxylic acids is 1. The number of nitrogens with one attached hydrogen (secondary N) is 1. The molecule has 0 unspecified atom stereocenters. The summed E-state index contributed by atoms with van der Waals surface area (Å²) in [5.74, 6) is 0.700. The number of piperidine rings is 1. The van der Waals surface area contributed by atoms with Crippen LogP contribution in [-0.4, -0.2) is 45.2 Å². The maximum absolute atomic E-state index is 12.1. The van der Waals surface area contributed by atoms with Crippen molar-refractivity contribution in [1.82, 2.24) is 20.4 Å². The smallest absolute Gasteiger partial charge is 0.252 e. The molecule has 1 aromatic heterocycles. The van der Waals surface area contributed by atoms with E-state index >= 15 is 0 Å². The van der Waals surface area contributed by atoms with Crippen molar-refractivity contribution in [3.8, 4) is 11.4 Å². The van der Waals surface area contributed by atoms with Gasteiger partial charge in [0, 0.05) is 18.0 Å². The Morgan fingerprint density at radius 3 is 2.82 bits per heavy atom. The average Bonchev–Trinajstić information content (AvgIpc) is 3.44. The minimum absolute atomic E-state index is 0.0510. The standard InChI is InChI=1S/C21H28N4O3/c1-14(26)18(22-20(27)16-8-9-16)21-23-19(24-28-21)17-7-5-6-15(12-17)13-25-10-3-2-4-11-25/h5-7,12,14,16,18,26H,2-4,8-11,13H2,1H3,(H,22,27)/t14-,18-/m1/s1. The summed E-state index contributed by atoms with van der Waals surface area (Å²) in [6.07, 6.45) is 4.84. The van der Waals surface area contributed by atoms with Gasteiger partial charge in [0.1, 0.15) is 6.04 Å². The topological polar surface area (TPSA) is 91.5 Å². The Morgan fingerprint density at radius 1 is 1.32 bits per heavy atom. The lowest BCUT2D eigenvalue weighted by molar-refractivity contribution is -0.124. The molecule has 28 heavy (non-hydrogen) atoms. The van der Waals surface area contributed by atoms with E-state index in [9.17, 15) is 9.90 Å². The lowest BCUT2D eigenvalue weighted by Gasteiger charge is -2.26. The van der Waals surface area contributed by atoms with Gasteiger partial charge in [0.15, 0.2) is 0 Å². The van der Waals surface area contributed by atoms with E-state index in [2.05, 4.69) is 32.5 Å². The summed E-state index contributed by atoms with van der Waals surface area (Å²) in [5, 5.41) is 17.0. The van der Waals surface area contributed by atoms with Gasteiger partial charge in [0.05, 0.1) is 6.10 Å². The lowest BCUT2D eigenvalue weighted by Crippen LogP contribution is -2.36. The predicted molar refractivity (Wildman–Crippen MR) is 104 cm³/mol. The summed E-state index contributed by atoms with van der Waals surface area (Å²) in [7, 11) is 0. The summed E-state index contributed by atoms with van der Waals surface area (Å²) in [6.45, 7) is 4.83. The van der Waals surface area contributed by atoms with Crippen LogP contribution >= 0.6 is 0 Å². The highest BCUT2D eigenvalue weighted by atomic mass is 16.5. The molecule has 7 nitrogen and oxygen atoms in total. The van der Waals surface area contributed by atoms with Crippen molar-refractivity contribution in [2.75, 3.05) is 13.1 Å². The van der Waals surface area contributed by atoms with Crippen LogP contribution in [0, 0.1) is 5.92 Å². The van der Waals surface area contributed by atoms with Gasteiger partial charge in [-0.15, -0.1) is 0 Å². The van der Waals surface area contributed by atoms with Gasteiger partial charge < -0.3 is 14.9 Å². The fourth-order valence-electron chi connectivity index (χ4n) is 3.67. The molecule has 2 aromatic rings. The average molecular weight is 384 g/mol. The maximum atomic E-state index is 12.1. The van der Waals surface area contributed by atoms with E-state index in [4.69, 9.17) is 4.52 Å². The van der Waals surface area contributed by atoms with Gasteiger partial charge >= 0.3 is 0 Å². The van der Waals surface area contributed by atoms with Crippen LogP contribution in [0.3, 0.4) is 0 Å².